The highest BCUT2D eigenvalue weighted by molar-refractivity contribution is 5.92. The van der Waals surface area contributed by atoms with E-state index in [1.807, 2.05) is 13.8 Å². The van der Waals surface area contributed by atoms with E-state index in [9.17, 15) is 14.4 Å². The third kappa shape index (κ3) is 4.05. The summed E-state index contributed by atoms with van der Waals surface area (Å²) >= 11 is 0. The number of aliphatic carboxylic acids is 1. The highest BCUT2D eigenvalue weighted by atomic mass is 16.4. The summed E-state index contributed by atoms with van der Waals surface area (Å²) in [6.07, 6.45) is 1.13. The highest BCUT2D eigenvalue weighted by Crippen LogP contribution is 2.09. The first-order chi connectivity index (χ1) is 7.90. The van der Waals surface area contributed by atoms with Crippen molar-refractivity contribution >= 4 is 17.8 Å². The Balaban J connectivity index is 2.52. The van der Waals surface area contributed by atoms with Crippen LogP contribution in [0.1, 0.15) is 33.1 Å². The van der Waals surface area contributed by atoms with Crippen molar-refractivity contribution < 1.29 is 19.5 Å². The number of nitrogens with one attached hydrogen (secondary N) is 2. The quantitative estimate of drug-likeness (QED) is 0.626. The fourth-order valence-electron chi connectivity index (χ4n) is 1.78. The van der Waals surface area contributed by atoms with Gasteiger partial charge >= 0.3 is 5.97 Å². The van der Waals surface area contributed by atoms with Gasteiger partial charge in [-0.05, 0) is 18.8 Å². The van der Waals surface area contributed by atoms with Crippen molar-refractivity contribution in [1.29, 1.82) is 0 Å². The lowest BCUT2D eigenvalue weighted by Crippen LogP contribution is -2.49. The number of rotatable bonds is 5. The highest BCUT2D eigenvalue weighted by Gasteiger charge is 2.30. The molecule has 6 heteroatoms. The minimum absolute atomic E-state index is 0.166. The zero-order valence-corrected chi connectivity index (χ0v) is 10.0. The Morgan fingerprint density at radius 1 is 1.53 bits per heavy atom. The third-order valence-electron chi connectivity index (χ3n) is 2.63. The van der Waals surface area contributed by atoms with Crippen molar-refractivity contribution in [3.05, 3.63) is 0 Å². The second-order valence-electron chi connectivity index (χ2n) is 4.69. The molecule has 1 heterocycles. The number of carboxylic acids is 1. The summed E-state index contributed by atoms with van der Waals surface area (Å²) in [6, 6.07) is -1.48. The minimum atomic E-state index is -1.05. The van der Waals surface area contributed by atoms with Gasteiger partial charge in [-0.25, -0.2) is 4.79 Å². The van der Waals surface area contributed by atoms with Gasteiger partial charge in [0, 0.05) is 6.42 Å². The van der Waals surface area contributed by atoms with E-state index in [1.54, 1.807) is 0 Å². The predicted octanol–water partition coefficient (Wildman–Crippen LogP) is -0.119. The maximum Gasteiger partial charge on any atom is 0.326 e. The molecule has 3 N–H and O–H groups in total. The van der Waals surface area contributed by atoms with E-state index in [0.29, 0.717) is 19.3 Å². The first-order valence-electron chi connectivity index (χ1n) is 5.72. The fourth-order valence-corrected chi connectivity index (χ4v) is 1.78. The van der Waals surface area contributed by atoms with E-state index < -0.39 is 24.0 Å². The van der Waals surface area contributed by atoms with E-state index in [-0.39, 0.29) is 11.8 Å². The smallest absolute Gasteiger partial charge is 0.326 e. The fraction of sp³-hybridized carbons (Fsp3) is 0.727. The van der Waals surface area contributed by atoms with Crippen molar-refractivity contribution in [2.24, 2.45) is 5.92 Å². The van der Waals surface area contributed by atoms with Crippen LogP contribution in [0.15, 0.2) is 0 Å². The van der Waals surface area contributed by atoms with Crippen LogP contribution in [-0.4, -0.2) is 35.0 Å². The second kappa shape index (κ2) is 5.65. The van der Waals surface area contributed by atoms with Gasteiger partial charge in [0.25, 0.3) is 0 Å². The molecule has 0 unspecified atom stereocenters. The van der Waals surface area contributed by atoms with E-state index in [2.05, 4.69) is 10.6 Å². The predicted molar refractivity (Wildman–Crippen MR) is 60.2 cm³/mol. The van der Waals surface area contributed by atoms with E-state index >= 15 is 0 Å². The average Bonchev–Trinajstić information content (AvgIpc) is 2.63. The molecule has 0 aromatic heterocycles. The molecule has 2 atom stereocenters. The number of hydrogen-bond donors (Lipinski definition) is 3. The lowest BCUT2D eigenvalue weighted by molar-refractivity contribution is -0.142. The summed E-state index contributed by atoms with van der Waals surface area (Å²) < 4.78 is 0. The Hall–Kier alpha value is -1.59. The number of carbonyl (C=O) groups is 3. The van der Waals surface area contributed by atoms with Gasteiger partial charge in [-0.15, -0.1) is 0 Å². The summed E-state index contributed by atoms with van der Waals surface area (Å²) in [5.41, 5.74) is 0. The van der Waals surface area contributed by atoms with Crippen LogP contribution in [0.5, 0.6) is 0 Å². The molecule has 0 radical (unpaired) electrons. The maximum atomic E-state index is 11.7. The maximum absolute atomic E-state index is 11.7. The largest absolute Gasteiger partial charge is 0.480 e. The molecular weight excluding hydrogens is 224 g/mol. The van der Waals surface area contributed by atoms with Crippen LogP contribution in [0.25, 0.3) is 0 Å². The first-order valence-corrected chi connectivity index (χ1v) is 5.72. The van der Waals surface area contributed by atoms with Crippen molar-refractivity contribution in [3.63, 3.8) is 0 Å². The minimum Gasteiger partial charge on any atom is -0.480 e. The summed E-state index contributed by atoms with van der Waals surface area (Å²) in [4.78, 5) is 33.6. The molecular formula is C11H18N2O4. The molecule has 17 heavy (non-hydrogen) atoms. The summed E-state index contributed by atoms with van der Waals surface area (Å²) in [6.45, 7) is 3.78. The Bertz CT molecular complexity index is 327. The normalized spacial score (nSPS) is 21.1. The Morgan fingerprint density at radius 2 is 2.18 bits per heavy atom. The molecule has 0 aromatic carbocycles. The van der Waals surface area contributed by atoms with Gasteiger partial charge in [0.05, 0.1) is 0 Å². The van der Waals surface area contributed by atoms with Gasteiger partial charge in [0.1, 0.15) is 12.1 Å². The number of carboxylic acid groups (broad SMARTS) is 1. The van der Waals surface area contributed by atoms with Gasteiger partial charge < -0.3 is 15.7 Å². The van der Waals surface area contributed by atoms with Crippen LogP contribution in [0.2, 0.25) is 0 Å². The Morgan fingerprint density at radius 3 is 2.59 bits per heavy atom. The van der Waals surface area contributed by atoms with Crippen LogP contribution >= 0.6 is 0 Å². The van der Waals surface area contributed by atoms with Crippen molar-refractivity contribution in [3.8, 4) is 0 Å². The zero-order chi connectivity index (χ0) is 13.0. The molecule has 0 aromatic rings. The molecule has 2 amide bonds. The summed E-state index contributed by atoms with van der Waals surface area (Å²) in [7, 11) is 0. The van der Waals surface area contributed by atoms with Gasteiger partial charge in [-0.1, -0.05) is 13.8 Å². The lowest BCUT2D eigenvalue weighted by atomic mass is 10.0. The van der Waals surface area contributed by atoms with Crippen molar-refractivity contribution in [1.82, 2.24) is 10.6 Å². The Labute approximate surface area is 99.8 Å². The zero-order valence-electron chi connectivity index (χ0n) is 10.0. The SMILES string of the molecule is CC(C)C[C@@H](NC(=O)[C@@H]1CCC(=O)N1)C(=O)O. The molecule has 96 valence electrons. The molecule has 6 nitrogen and oxygen atoms in total. The molecule has 0 bridgehead atoms. The van der Waals surface area contributed by atoms with Crippen LogP contribution in [0.4, 0.5) is 0 Å². The number of hydrogen-bond acceptors (Lipinski definition) is 3. The number of amides is 2. The summed E-state index contributed by atoms with van der Waals surface area (Å²) in [5, 5.41) is 13.9. The monoisotopic (exact) mass is 242 g/mol. The van der Waals surface area contributed by atoms with Crippen LogP contribution in [0, 0.1) is 5.92 Å². The molecule has 1 aliphatic rings. The molecule has 0 aliphatic carbocycles. The third-order valence-corrected chi connectivity index (χ3v) is 2.63. The molecule has 1 fully saturated rings. The lowest BCUT2D eigenvalue weighted by Gasteiger charge is -2.18. The molecule has 1 saturated heterocycles. The van der Waals surface area contributed by atoms with E-state index in [4.69, 9.17) is 5.11 Å². The molecule has 0 spiro atoms. The summed E-state index contributed by atoms with van der Waals surface area (Å²) in [5.74, 6) is -1.45. The van der Waals surface area contributed by atoms with E-state index in [0.717, 1.165) is 0 Å². The van der Waals surface area contributed by atoms with Crippen molar-refractivity contribution in [2.75, 3.05) is 0 Å². The van der Waals surface area contributed by atoms with Crippen LogP contribution < -0.4 is 10.6 Å². The van der Waals surface area contributed by atoms with Gasteiger partial charge in [0.2, 0.25) is 11.8 Å². The topological polar surface area (TPSA) is 95.5 Å². The Kier molecular flexibility index (Phi) is 4.48. The second-order valence-corrected chi connectivity index (χ2v) is 4.69. The standard InChI is InChI=1S/C11H18N2O4/c1-6(2)5-8(11(16)17)13-10(15)7-3-4-9(14)12-7/h6-8H,3-5H2,1-2H3,(H,12,14)(H,13,15)(H,16,17)/t7-,8+/m0/s1. The average molecular weight is 242 g/mol. The van der Waals surface area contributed by atoms with Gasteiger partial charge in [-0.3, -0.25) is 9.59 Å². The van der Waals surface area contributed by atoms with Gasteiger partial charge in [0.15, 0.2) is 0 Å². The number of carbonyl (C=O) groups excluding carboxylic acids is 2. The van der Waals surface area contributed by atoms with Crippen LogP contribution in [-0.2, 0) is 14.4 Å². The van der Waals surface area contributed by atoms with Crippen LogP contribution in [0.3, 0.4) is 0 Å². The van der Waals surface area contributed by atoms with Crippen molar-refractivity contribution in [2.45, 2.75) is 45.2 Å². The molecule has 0 saturated carbocycles. The van der Waals surface area contributed by atoms with Gasteiger partial charge in [-0.2, -0.15) is 0 Å². The molecule has 1 rings (SSSR count). The first kappa shape index (κ1) is 13.5. The van der Waals surface area contributed by atoms with E-state index in [1.165, 1.54) is 0 Å². The molecule has 1 aliphatic heterocycles.